The van der Waals surface area contributed by atoms with Crippen LogP contribution < -0.4 is 0 Å². The first-order chi connectivity index (χ1) is 7.29. The van der Waals surface area contributed by atoms with Gasteiger partial charge in [0, 0.05) is 0 Å². The highest BCUT2D eigenvalue weighted by molar-refractivity contribution is 5.99. The van der Waals surface area contributed by atoms with Crippen molar-refractivity contribution in [3.63, 3.8) is 0 Å². The van der Waals surface area contributed by atoms with Crippen LogP contribution >= 0.6 is 0 Å². The molecule has 1 aromatic carbocycles. The number of benzene rings is 1. The van der Waals surface area contributed by atoms with Gasteiger partial charge in [-0.1, -0.05) is 0 Å². The molecule has 0 aromatic heterocycles. The van der Waals surface area contributed by atoms with Gasteiger partial charge in [0.1, 0.15) is 11.8 Å². The van der Waals surface area contributed by atoms with Crippen molar-refractivity contribution in [2.24, 2.45) is 0 Å². The normalized spacial score (nSPS) is 10.9. The van der Waals surface area contributed by atoms with Crippen molar-refractivity contribution in [1.82, 2.24) is 0 Å². The highest BCUT2D eigenvalue weighted by Gasteiger charge is 2.36. The largest absolute Gasteiger partial charge is 0.507 e. The number of carbonyl (C=O) groups is 1. The highest BCUT2D eigenvalue weighted by atomic mass is 19.4. The highest BCUT2D eigenvalue weighted by Crippen LogP contribution is 2.38. The second-order valence-corrected chi connectivity index (χ2v) is 3.05. The number of hydrogen-bond donors (Lipinski definition) is 1. The first-order valence-electron chi connectivity index (χ1n) is 4.13. The zero-order chi connectivity index (χ0) is 12.5. The number of aromatic hydroxyl groups is 1. The lowest BCUT2D eigenvalue weighted by Crippen LogP contribution is -2.09. The number of Topliss-reactive ketones (excluding diaryl/α,β-unsaturated/α-hetero) is 1. The van der Waals surface area contributed by atoms with Gasteiger partial charge >= 0.3 is 6.18 Å². The molecule has 0 bridgehead atoms. The summed E-state index contributed by atoms with van der Waals surface area (Å²) in [5, 5.41) is 17.9. The number of nitrogens with zero attached hydrogens (tertiary/aromatic N) is 1. The molecule has 0 heterocycles. The molecule has 0 atom stereocenters. The Morgan fingerprint density at radius 1 is 1.44 bits per heavy atom. The van der Waals surface area contributed by atoms with Crippen LogP contribution in [-0.2, 0) is 6.18 Å². The van der Waals surface area contributed by atoms with Gasteiger partial charge in [-0.15, -0.1) is 0 Å². The molecule has 0 unspecified atom stereocenters. The molecule has 84 valence electrons. The van der Waals surface area contributed by atoms with Crippen molar-refractivity contribution in [3.05, 3.63) is 28.8 Å². The molecule has 0 fully saturated rings. The van der Waals surface area contributed by atoms with Gasteiger partial charge in [-0.25, -0.2) is 0 Å². The fraction of sp³-hybridized carbons (Fsp3) is 0.200. The Hall–Kier alpha value is -2.03. The van der Waals surface area contributed by atoms with Crippen LogP contribution in [0, 0.1) is 11.3 Å². The Morgan fingerprint density at radius 3 is 2.38 bits per heavy atom. The number of hydrogen-bond acceptors (Lipinski definition) is 3. The quantitative estimate of drug-likeness (QED) is 0.752. The molecule has 6 heteroatoms. The summed E-state index contributed by atoms with van der Waals surface area (Å²) < 4.78 is 37.1. The topological polar surface area (TPSA) is 61.1 Å². The first kappa shape index (κ1) is 12.0. The van der Waals surface area contributed by atoms with Gasteiger partial charge in [0.25, 0.3) is 0 Å². The molecule has 1 rings (SSSR count). The Morgan fingerprint density at radius 2 is 2.00 bits per heavy atom. The molecule has 0 spiro atoms. The average Bonchev–Trinajstić information content (AvgIpc) is 2.14. The zero-order valence-electron chi connectivity index (χ0n) is 8.09. The molecule has 0 saturated heterocycles. The van der Waals surface area contributed by atoms with Gasteiger partial charge in [-0.3, -0.25) is 4.79 Å². The molecule has 1 aromatic rings. The predicted octanol–water partition coefficient (Wildman–Crippen LogP) is 2.49. The summed E-state index contributed by atoms with van der Waals surface area (Å²) in [6.45, 7) is 0.982. The molecular formula is C10H6F3NO2. The molecule has 0 aliphatic rings. The maximum absolute atomic E-state index is 12.4. The van der Waals surface area contributed by atoms with E-state index < -0.39 is 28.8 Å². The van der Waals surface area contributed by atoms with E-state index >= 15 is 0 Å². The summed E-state index contributed by atoms with van der Waals surface area (Å²) in [5.41, 5.74) is -2.20. The van der Waals surface area contributed by atoms with E-state index in [1.807, 2.05) is 0 Å². The molecule has 3 nitrogen and oxygen atoms in total. The lowest BCUT2D eigenvalue weighted by Gasteiger charge is -2.11. The molecule has 0 radical (unpaired) electrons. The number of halogens is 3. The van der Waals surface area contributed by atoms with Gasteiger partial charge in [0.2, 0.25) is 0 Å². The molecule has 16 heavy (non-hydrogen) atoms. The van der Waals surface area contributed by atoms with Crippen molar-refractivity contribution in [3.8, 4) is 11.8 Å². The van der Waals surface area contributed by atoms with E-state index in [1.165, 1.54) is 0 Å². The number of alkyl halides is 3. The van der Waals surface area contributed by atoms with Crippen LogP contribution in [0.3, 0.4) is 0 Å². The van der Waals surface area contributed by atoms with E-state index in [0.717, 1.165) is 13.0 Å². The van der Waals surface area contributed by atoms with Gasteiger partial charge in [-0.05, 0) is 19.1 Å². The summed E-state index contributed by atoms with van der Waals surface area (Å²) >= 11 is 0. The predicted molar refractivity (Wildman–Crippen MR) is 47.8 cm³/mol. The second-order valence-electron chi connectivity index (χ2n) is 3.05. The van der Waals surface area contributed by atoms with E-state index in [4.69, 9.17) is 5.26 Å². The van der Waals surface area contributed by atoms with Gasteiger partial charge in [0.15, 0.2) is 5.78 Å². The SMILES string of the molecule is CC(=O)c1c(C#N)ccc(C(F)(F)F)c1O. The summed E-state index contributed by atoms with van der Waals surface area (Å²) in [6.07, 6.45) is -4.76. The van der Waals surface area contributed by atoms with Gasteiger partial charge < -0.3 is 5.11 Å². The minimum Gasteiger partial charge on any atom is -0.507 e. The van der Waals surface area contributed by atoms with Gasteiger partial charge in [-0.2, -0.15) is 18.4 Å². The third-order valence-electron chi connectivity index (χ3n) is 1.96. The molecular weight excluding hydrogens is 223 g/mol. The number of ketones is 1. The molecule has 1 N–H and O–H groups in total. The number of phenolic OH excluding ortho intramolecular Hbond substituents is 1. The van der Waals surface area contributed by atoms with Crippen molar-refractivity contribution in [2.45, 2.75) is 13.1 Å². The zero-order valence-corrected chi connectivity index (χ0v) is 8.09. The van der Waals surface area contributed by atoms with Crippen LogP contribution in [-0.4, -0.2) is 10.9 Å². The van der Waals surface area contributed by atoms with Crippen LogP contribution in [0.15, 0.2) is 12.1 Å². The minimum absolute atomic E-state index is 0.280. The smallest absolute Gasteiger partial charge is 0.419 e. The van der Waals surface area contributed by atoms with E-state index in [-0.39, 0.29) is 5.56 Å². The van der Waals surface area contributed by atoms with Crippen molar-refractivity contribution in [1.29, 1.82) is 5.26 Å². The summed E-state index contributed by atoms with van der Waals surface area (Å²) in [6, 6.07) is 2.98. The van der Waals surface area contributed by atoms with Gasteiger partial charge in [0.05, 0.1) is 16.7 Å². The van der Waals surface area contributed by atoms with Crippen LogP contribution in [0.2, 0.25) is 0 Å². The molecule has 0 aliphatic carbocycles. The van der Waals surface area contributed by atoms with E-state index in [1.54, 1.807) is 6.07 Å². The summed E-state index contributed by atoms with van der Waals surface area (Å²) in [4.78, 5) is 11.0. The fourth-order valence-corrected chi connectivity index (χ4v) is 1.27. The van der Waals surface area contributed by atoms with Crippen LogP contribution in [0.5, 0.6) is 5.75 Å². The number of carbonyl (C=O) groups excluding carboxylic acids is 1. The Kier molecular flexibility index (Phi) is 2.90. The van der Waals surface area contributed by atoms with Crippen LogP contribution in [0.1, 0.15) is 28.4 Å². The average molecular weight is 229 g/mol. The fourth-order valence-electron chi connectivity index (χ4n) is 1.27. The maximum atomic E-state index is 12.4. The lowest BCUT2D eigenvalue weighted by molar-refractivity contribution is -0.138. The van der Waals surface area contributed by atoms with E-state index in [2.05, 4.69) is 0 Å². The minimum atomic E-state index is -4.76. The standard InChI is InChI=1S/C10H6F3NO2/c1-5(15)8-6(4-14)2-3-7(9(8)16)10(11,12)13/h2-3,16H,1H3. The Balaban J connectivity index is 3.58. The second kappa shape index (κ2) is 3.85. The Bertz CT molecular complexity index is 486. The van der Waals surface area contributed by atoms with Crippen molar-refractivity contribution in [2.75, 3.05) is 0 Å². The van der Waals surface area contributed by atoms with Crippen LogP contribution in [0.4, 0.5) is 13.2 Å². The molecule has 0 aliphatic heterocycles. The van der Waals surface area contributed by atoms with Crippen LogP contribution in [0.25, 0.3) is 0 Å². The van der Waals surface area contributed by atoms with Crippen molar-refractivity contribution < 1.29 is 23.1 Å². The Labute approximate surface area is 88.7 Å². The third kappa shape index (κ3) is 1.98. The summed E-state index contributed by atoms with van der Waals surface area (Å²) in [7, 11) is 0. The maximum Gasteiger partial charge on any atom is 0.419 e. The summed E-state index contributed by atoms with van der Waals surface area (Å²) in [5.74, 6) is -1.99. The van der Waals surface area contributed by atoms with E-state index in [9.17, 15) is 23.1 Å². The number of rotatable bonds is 1. The molecule has 0 amide bonds. The molecule has 0 saturated carbocycles. The third-order valence-corrected chi connectivity index (χ3v) is 1.96. The monoisotopic (exact) mass is 229 g/mol. The van der Waals surface area contributed by atoms with Crippen molar-refractivity contribution >= 4 is 5.78 Å². The van der Waals surface area contributed by atoms with E-state index in [0.29, 0.717) is 6.07 Å². The lowest BCUT2D eigenvalue weighted by atomic mass is 10.00. The number of nitriles is 1. The number of phenols is 1. The first-order valence-corrected chi connectivity index (χ1v) is 4.13.